The molecule has 0 saturated carbocycles. The van der Waals surface area contributed by atoms with E-state index >= 15 is 0 Å². The number of carboxylic acids is 1. The summed E-state index contributed by atoms with van der Waals surface area (Å²) in [5, 5.41) is 24.2. The third kappa shape index (κ3) is 5.33. The average Bonchev–Trinajstić information content (AvgIpc) is 3.59. The lowest BCUT2D eigenvalue weighted by molar-refractivity contribution is -0.894. The van der Waals surface area contributed by atoms with E-state index in [1.807, 2.05) is 18.7 Å². The Hall–Kier alpha value is -2.84. The highest BCUT2D eigenvalue weighted by atomic mass is 32.2. The van der Waals surface area contributed by atoms with E-state index in [1.165, 1.54) is 27.7 Å². The summed E-state index contributed by atoms with van der Waals surface area (Å²) in [7, 11) is 4.35. The third-order valence-electron chi connectivity index (χ3n) is 8.63. The van der Waals surface area contributed by atoms with Gasteiger partial charge in [0.2, 0.25) is 11.8 Å². The van der Waals surface area contributed by atoms with Gasteiger partial charge in [-0.05, 0) is 22.8 Å². The molecule has 3 fully saturated rings. The molecule has 2 N–H and O–H groups in total. The molecule has 4 aliphatic heterocycles. The van der Waals surface area contributed by atoms with E-state index in [-0.39, 0.29) is 65.4 Å². The number of thioether (sulfide) groups is 1. The number of amides is 2. The van der Waals surface area contributed by atoms with Crippen LogP contribution in [0.1, 0.15) is 26.7 Å². The van der Waals surface area contributed by atoms with Crippen molar-refractivity contribution in [1.82, 2.24) is 35.3 Å². The summed E-state index contributed by atoms with van der Waals surface area (Å²) < 4.78 is 2.26. The van der Waals surface area contributed by atoms with Gasteiger partial charge >= 0.3 is 5.97 Å². The van der Waals surface area contributed by atoms with Crippen molar-refractivity contribution in [2.45, 2.75) is 50.6 Å². The first-order valence-corrected chi connectivity index (χ1v) is 14.4. The summed E-state index contributed by atoms with van der Waals surface area (Å²) in [5.74, 6) is -2.17. The average molecular weight is 562 g/mol. The second kappa shape index (κ2) is 10.6. The Bertz CT molecular complexity index is 1180. The number of hydrogen-bond donors (Lipinski definition) is 2. The molecule has 13 nitrogen and oxygen atoms in total. The van der Waals surface area contributed by atoms with Gasteiger partial charge in [0.25, 0.3) is 0 Å². The summed E-state index contributed by atoms with van der Waals surface area (Å²) in [6, 6.07) is -0.567. The standard InChI is InChI=1S/C25H36N8O5S/c1-14(9-16(34)12-31-13-27-28-29-31)19-20-15(2)22(21(25(37)38)32(20)24(19)36)39-17-10-18(26-11-17)23(35)30-5-7-33(3,4)8-6-30/h13-15,17-20,26H,5-12H2,1-4H3/p+1/t14-,15+,17-,18-,19+,20+/m0/s1. The Balaban J connectivity index is 1.21. The zero-order valence-corrected chi connectivity index (χ0v) is 23.6. The molecule has 6 atom stereocenters. The lowest BCUT2D eigenvalue weighted by Crippen LogP contribution is -2.62. The summed E-state index contributed by atoms with van der Waals surface area (Å²) in [6.45, 7) is 7.80. The predicted octanol–water partition coefficient (Wildman–Crippen LogP) is -0.576. The number of aliphatic carboxylic acids is 1. The molecule has 5 heterocycles. The molecule has 0 aromatic carbocycles. The minimum absolute atomic E-state index is 0.0325. The fourth-order valence-corrected chi connectivity index (χ4v) is 7.84. The van der Waals surface area contributed by atoms with Crippen molar-refractivity contribution in [3.8, 4) is 0 Å². The molecule has 0 radical (unpaired) electrons. The fourth-order valence-electron chi connectivity index (χ4n) is 6.36. The number of carbonyl (C=O) groups excluding carboxylic acids is 3. The number of carboxylic acid groups (broad SMARTS) is 1. The van der Waals surface area contributed by atoms with Crippen molar-refractivity contribution in [1.29, 1.82) is 0 Å². The molecule has 5 rings (SSSR count). The molecule has 0 spiro atoms. The van der Waals surface area contributed by atoms with E-state index in [0.29, 0.717) is 17.9 Å². The Morgan fingerprint density at radius 1 is 1.26 bits per heavy atom. The maximum atomic E-state index is 13.2. The molecule has 0 aliphatic carbocycles. The molecular weight excluding hydrogens is 524 g/mol. The summed E-state index contributed by atoms with van der Waals surface area (Å²) >= 11 is 1.48. The topological polar surface area (TPSA) is 151 Å². The van der Waals surface area contributed by atoms with E-state index in [1.54, 1.807) is 0 Å². The van der Waals surface area contributed by atoms with Crippen LogP contribution in [0, 0.1) is 17.8 Å². The summed E-state index contributed by atoms with van der Waals surface area (Å²) in [5.41, 5.74) is 0.0526. The van der Waals surface area contributed by atoms with E-state index in [0.717, 1.165) is 30.7 Å². The van der Waals surface area contributed by atoms with Crippen LogP contribution in [0.15, 0.2) is 16.9 Å². The first-order valence-electron chi connectivity index (χ1n) is 13.5. The highest BCUT2D eigenvalue weighted by Crippen LogP contribution is 2.53. The smallest absolute Gasteiger partial charge is 0.353 e. The van der Waals surface area contributed by atoms with Gasteiger partial charge in [0, 0.05) is 29.0 Å². The number of piperazine rings is 1. The van der Waals surface area contributed by atoms with E-state index in [2.05, 4.69) is 34.9 Å². The van der Waals surface area contributed by atoms with Gasteiger partial charge in [0.1, 0.15) is 18.6 Å². The van der Waals surface area contributed by atoms with Crippen molar-refractivity contribution >= 4 is 35.3 Å². The van der Waals surface area contributed by atoms with Crippen LogP contribution in [0.5, 0.6) is 0 Å². The van der Waals surface area contributed by atoms with Gasteiger partial charge in [-0.1, -0.05) is 13.8 Å². The summed E-state index contributed by atoms with van der Waals surface area (Å²) in [4.78, 5) is 55.2. The lowest BCUT2D eigenvalue weighted by Gasteiger charge is -2.47. The molecular formula is C25H37N8O5S+. The SMILES string of the molecule is C[C@@H](CC(=O)Cn1cnnn1)[C@H]1C(=O)N2C(C(=O)O)=C(S[C@@H]3CN[C@H](C(=O)N4CC[N+](C)(C)CC4)C3)[C@H](C)[C@H]12. The van der Waals surface area contributed by atoms with Crippen molar-refractivity contribution in [3.63, 3.8) is 0 Å². The lowest BCUT2D eigenvalue weighted by atomic mass is 9.73. The van der Waals surface area contributed by atoms with Crippen LogP contribution < -0.4 is 5.32 Å². The molecule has 1 aromatic heterocycles. The second-order valence-electron chi connectivity index (χ2n) is 11.9. The summed E-state index contributed by atoms with van der Waals surface area (Å²) in [6.07, 6.45) is 2.17. The number of ketones is 1. The number of nitrogens with one attached hydrogen (secondary N) is 1. The number of likely N-dealkylation sites (N-methyl/N-ethyl adjacent to an activating group) is 1. The molecule has 0 unspecified atom stereocenters. The van der Waals surface area contributed by atoms with Crippen molar-refractivity contribution in [2.24, 2.45) is 17.8 Å². The van der Waals surface area contributed by atoms with Gasteiger partial charge in [0.15, 0.2) is 5.78 Å². The minimum atomic E-state index is -1.12. The monoisotopic (exact) mass is 561 g/mol. The minimum Gasteiger partial charge on any atom is -0.477 e. The zero-order valence-electron chi connectivity index (χ0n) is 22.8. The number of carbonyl (C=O) groups is 4. The molecule has 212 valence electrons. The molecule has 14 heteroatoms. The van der Waals surface area contributed by atoms with E-state index in [4.69, 9.17) is 0 Å². The fraction of sp³-hybridized carbons (Fsp3) is 0.720. The van der Waals surface area contributed by atoms with E-state index < -0.39 is 11.9 Å². The maximum absolute atomic E-state index is 13.2. The number of β-lactam (4-membered cyclic amide) rings is 1. The number of Topliss-reactive ketones (excluding diaryl/α,β-unsaturated/α-hetero) is 1. The highest BCUT2D eigenvalue weighted by molar-refractivity contribution is 8.03. The number of hydrogen-bond acceptors (Lipinski definition) is 9. The zero-order chi connectivity index (χ0) is 28.1. The van der Waals surface area contributed by atoms with Crippen LogP contribution in [0.2, 0.25) is 0 Å². The third-order valence-corrected chi connectivity index (χ3v) is 10.1. The van der Waals surface area contributed by atoms with Gasteiger partial charge in [-0.3, -0.25) is 14.4 Å². The van der Waals surface area contributed by atoms with Crippen LogP contribution in [-0.4, -0.2) is 127 Å². The molecule has 4 aliphatic rings. The predicted molar refractivity (Wildman–Crippen MR) is 141 cm³/mol. The second-order valence-corrected chi connectivity index (χ2v) is 13.2. The van der Waals surface area contributed by atoms with Crippen LogP contribution >= 0.6 is 11.8 Å². The Morgan fingerprint density at radius 2 is 1.97 bits per heavy atom. The van der Waals surface area contributed by atoms with Crippen molar-refractivity contribution in [2.75, 3.05) is 46.8 Å². The van der Waals surface area contributed by atoms with E-state index in [9.17, 15) is 24.3 Å². The first-order chi connectivity index (χ1) is 18.5. The van der Waals surface area contributed by atoms with Crippen molar-refractivity contribution < 1.29 is 28.8 Å². The molecule has 2 amide bonds. The van der Waals surface area contributed by atoms with Gasteiger partial charge in [-0.15, -0.1) is 16.9 Å². The molecule has 1 aromatic rings. The van der Waals surface area contributed by atoms with Gasteiger partial charge < -0.3 is 24.7 Å². The van der Waals surface area contributed by atoms with Crippen LogP contribution in [-0.2, 0) is 25.7 Å². The molecule has 39 heavy (non-hydrogen) atoms. The van der Waals surface area contributed by atoms with Gasteiger partial charge in [-0.2, -0.15) is 0 Å². The number of quaternary nitrogens is 1. The normalized spacial score (nSPS) is 30.8. The first kappa shape index (κ1) is 27.7. The number of fused-ring (bicyclic) bond motifs is 1. The largest absolute Gasteiger partial charge is 0.477 e. The molecule has 0 bridgehead atoms. The number of nitrogens with zero attached hydrogens (tertiary/aromatic N) is 7. The number of rotatable bonds is 9. The Morgan fingerprint density at radius 3 is 2.62 bits per heavy atom. The quantitative estimate of drug-likeness (QED) is 0.296. The number of tetrazole rings is 1. The van der Waals surface area contributed by atoms with Gasteiger partial charge in [0.05, 0.1) is 58.3 Å². The van der Waals surface area contributed by atoms with Crippen LogP contribution in [0.4, 0.5) is 0 Å². The number of aromatic nitrogens is 4. The molecule has 3 saturated heterocycles. The van der Waals surface area contributed by atoms with Gasteiger partial charge in [-0.25, -0.2) is 9.48 Å². The van der Waals surface area contributed by atoms with Crippen molar-refractivity contribution in [3.05, 3.63) is 16.9 Å². The van der Waals surface area contributed by atoms with Crippen LogP contribution in [0.3, 0.4) is 0 Å². The Labute approximate surface area is 231 Å². The maximum Gasteiger partial charge on any atom is 0.353 e. The van der Waals surface area contributed by atoms with Crippen LogP contribution in [0.25, 0.3) is 0 Å². The Kier molecular flexibility index (Phi) is 7.55. The highest BCUT2D eigenvalue weighted by Gasteiger charge is 2.60.